The monoisotopic (exact) mass is 295 g/mol. The molecule has 104 valence electrons. The normalized spacial score (nSPS) is 17.1. The van der Waals surface area contributed by atoms with Gasteiger partial charge in [0.25, 0.3) is 0 Å². The van der Waals surface area contributed by atoms with Crippen LogP contribution in [0.4, 0.5) is 14.5 Å². The summed E-state index contributed by atoms with van der Waals surface area (Å²) in [6, 6.07) is 6.91. The van der Waals surface area contributed by atoms with Crippen LogP contribution in [0, 0.1) is 11.6 Å². The Labute approximate surface area is 120 Å². The van der Waals surface area contributed by atoms with Crippen molar-refractivity contribution in [3.63, 3.8) is 0 Å². The Morgan fingerprint density at radius 1 is 1.20 bits per heavy atom. The minimum atomic E-state index is -0.706. The highest BCUT2D eigenvalue weighted by Crippen LogP contribution is 2.38. The SMILES string of the molecule is Oc1ccc2c(c1)CCC2Nc1c(F)cc(F)cc1Cl. The predicted octanol–water partition coefficient (Wildman–Crippen LogP) is 4.42. The molecule has 0 heterocycles. The Hall–Kier alpha value is -1.81. The van der Waals surface area contributed by atoms with Gasteiger partial charge in [-0.1, -0.05) is 17.7 Å². The number of anilines is 1. The van der Waals surface area contributed by atoms with Gasteiger partial charge in [-0.25, -0.2) is 8.78 Å². The molecule has 0 saturated heterocycles. The van der Waals surface area contributed by atoms with Crippen LogP contribution in [0.5, 0.6) is 5.75 Å². The van der Waals surface area contributed by atoms with Crippen LogP contribution in [0.3, 0.4) is 0 Å². The van der Waals surface area contributed by atoms with Crippen molar-refractivity contribution in [2.75, 3.05) is 5.32 Å². The smallest absolute Gasteiger partial charge is 0.150 e. The third kappa shape index (κ3) is 2.31. The summed E-state index contributed by atoms with van der Waals surface area (Å²) >= 11 is 5.88. The molecule has 3 rings (SSSR count). The number of phenols is 1. The third-order valence-electron chi connectivity index (χ3n) is 3.53. The Morgan fingerprint density at radius 2 is 2.00 bits per heavy atom. The van der Waals surface area contributed by atoms with Crippen LogP contribution in [0.25, 0.3) is 0 Å². The van der Waals surface area contributed by atoms with E-state index in [1.165, 1.54) is 0 Å². The van der Waals surface area contributed by atoms with E-state index in [9.17, 15) is 13.9 Å². The van der Waals surface area contributed by atoms with Gasteiger partial charge in [-0.3, -0.25) is 0 Å². The quantitative estimate of drug-likeness (QED) is 0.859. The largest absolute Gasteiger partial charge is 0.508 e. The molecule has 1 aliphatic rings. The maximum Gasteiger partial charge on any atom is 0.150 e. The van der Waals surface area contributed by atoms with Crippen molar-refractivity contribution < 1.29 is 13.9 Å². The topological polar surface area (TPSA) is 32.3 Å². The van der Waals surface area contributed by atoms with Gasteiger partial charge >= 0.3 is 0 Å². The van der Waals surface area contributed by atoms with Gasteiger partial charge < -0.3 is 10.4 Å². The summed E-state index contributed by atoms with van der Waals surface area (Å²) in [4.78, 5) is 0. The summed E-state index contributed by atoms with van der Waals surface area (Å²) in [5, 5.41) is 12.5. The second-order valence-corrected chi connectivity index (χ2v) is 5.27. The number of hydrogen-bond donors (Lipinski definition) is 2. The number of benzene rings is 2. The zero-order chi connectivity index (χ0) is 14.3. The molecule has 0 saturated carbocycles. The van der Waals surface area contributed by atoms with Gasteiger partial charge in [0.05, 0.1) is 16.8 Å². The molecule has 0 radical (unpaired) electrons. The molecule has 2 aromatic rings. The lowest BCUT2D eigenvalue weighted by Crippen LogP contribution is -2.09. The van der Waals surface area contributed by atoms with Crippen LogP contribution in [0.1, 0.15) is 23.6 Å². The Balaban J connectivity index is 1.91. The number of aryl methyl sites for hydroxylation is 1. The van der Waals surface area contributed by atoms with Crippen LogP contribution in [0.2, 0.25) is 5.02 Å². The molecule has 5 heteroatoms. The van der Waals surface area contributed by atoms with E-state index < -0.39 is 11.6 Å². The highest BCUT2D eigenvalue weighted by molar-refractivity contribution is 6.33. The molecule has 0 amide bonds. The zero-order valence-corrected chi connectivity index (χ0v) is 11.2. The molecular formula is C15H12ClF2NO. The molecule has 2 nitrogen and oxygen atoms in total. The molecule has 1 aliphatic carbocycles. The predicted molar refractivity (Wildman–Crippen MR) is 74.2 cm³/mol. The van der Waals surface area contributed by atoms with Gasteiger partial charge in [0, 0.05) is 6.07 Å². The Morgan fingerprint density at radius 3 is 2.75 bits per heavy atom. The van der Waals surface area contributed by atoms with E-state index in [1.807, 2.05) is 6.07 Å². The molecule has 2 aromatic carbocycles. The van der Waals surface area contributed by atoms with Crippen molar-refractivity contribution >= 4 is 17.3 Å². The molecular weight excluding hydrogens is 284 g/mol. The van der Waals surface area contributed by atoms with Crippen molar-refractivity contribution in [1.29, 1.82) is 0 Å². The highest BCUT2D eigenvalue weighted by atomic mass is 35.5. The number of fused-ring (bicyclic) bond motifs is 1. The van der Waals surface area contributed by atoms with Gasteiger partial charge in [-0.05, 0) is 42.2 Å². The molecule has 0 spiro atoms. The van der Waals surface area contributed by atoms with Crippen LogP contribution < -0.4 is 5.32 Å². The number of nitrogens with one attached hydrogen (secondary N) is 1. The van der Waals surface area contributed by atoms with E-state index in [1.54, 1.807) is 12.1 Å². The lowest BCUT2D eigenvalue weighted by atomic mass is 10.1. The van der Waals surface area contributed by atoms with E-state index in [4.69, 9.17) is 11.6 Å². The van der Waals surface area contributed by atoms with Crippen LogP contribution >= 0.6 is 11.6 Å². The summed E-state index contributed by atoms with van der Waals surface area (Å²) in [7, 11) is 0. The average molecular weight is 296 g/mol. The summed E-state index contributed by atoms with van der Waals surface area (Å²) < 4.78 is 26.8. The lowest BCUT2D eigenvalue weighted by molar-refractivity contribution is 0.474. The minimum absolute atomic E-state index is 0.0229. The first-order chi connectivity index (χ1) is 9.54. The molecule has 20 heavy (non-hydrogen) atoms. The van der Waals surface area contributed by atoms with Crippen molar-refractivity contribution in [2.45, 2.75) is 18.9 Å². The molecule has 1 unspecified atom stereocenters. The van der Waals surface area contributed by atoms with Gasteiger partial charge in [-0.15, -0.1) is 0 Å². The third-order valence-corrected chi connectivity index (χ3v) is 3.83. The number of phenolic OH excluding ortho intramolecular Hbond substituents is 1. The fourth-order valence-electron chi connectivity index (χ4n) is 2.61. The van der Waals surface area contributed by atoms with Crippen molar-refractivity contribution in [3.05, 3.63) is 58.1 Å². The summed E-state index contributed by atoms with van der Waals surface area (Å²) in [6.45, 7) is 0. The van der Waals surface area contributed by atoms with E-state index in [-0.39, 0.29) is 22.5 Å². The summed E-state index contributed by atoms with van der Waals surface area (Å²) in [5.74, 6) is -1.19. The van der Waals surface area contributed by atoms with Gasteiger partial charge in [0.2, 0.25) is 0 Å². The number of halogens is 3. The number of hydrogen-bond acceptors (Lipinski definition) is 2. The maximum absolute atomic E-state index is 13.8. The standard InChI is InChI=1S/C15H12ClF2NO/c16-12-6-9(17)7-13(18)15(12)19-14-4-1-8-5-10(20)2-3-11(8)14/h2-3,5-7,14,19-20H,1,4H2. The van der Waals surface area contributed by atoms with E-state index in [0.717, 1.165) is 36.1 Å². The van der Waals surface area contributed by atoms with Crippen molar-refractivity contribution in [2.24, 2.45) is 0 Å². The van der Waals surface area contributed by atoms with Gasteiger partial charge in [-0.2, -0.15) is 0 Å². The number of rotatable bonds is 2. The molecule has 0 fully saturated rings. The van der Waals surface area contributed by atoms with E-state index in [0.29, 0.717) is 0 Å². The Kier molecular flexibility index (Phi) is 3.26. The fraction of sp³-hybridized carbons (Fsp3) is 0.200. The zero-order valence-electron chi connectivity index (χ0n) is 10.5. The second kappa shape index (κ2) is 4.94. The fourth-order valence-corrected chi connectivity index (χ4v) is 2.86. The average Bonchev–Trinajstić information content (AvgIpc) is 2.76. The van der Waals surface area contributed by atoms with Crippen LogP contribution in [0.15, 0.2) is 30.3 Å². The summed E-state index contributed by atoms with van der Waals surface area (Å²) in [6.07, 6.45) is 1.56. The first kappa shape index (κ1) is 13.2. The van der Waals surface area contributed by atoms with Crippen LogP contribution in [-0.2, 0) is 6.42 Å². The molecule has 0 bridgehead atoms. The van der Waals surface area contributed by atoms with Crippen molar-refractivity contribution in [1.82, 2.24) is 0 Å². The first-order valence-corrected chi connectivity index (χ1v) is 6.65. The van der Waals surface area contributed by atoms with E-state index in [2.05, 4.69) is 5.32 Å². The molecule has 0 aliphatic heterocycles. The second-order valence-electron chi connectivity index (χ2n) is 4.86. The molecule has 0 aromatic heterocycles. The highest BCUT2D eigenvalue weighted by Gasteiger charge is 2.24. The van der Waals surface area contributed by atoms with Gasteiger partial charge in [0.15, 0.2) is 5.82 Å². The van der Waals surface area contributed by atoms with Crippen LogP contribution in [-0.4, -0.2) is 5.11 Å². The lowest BCUT2D eigenvalue weighted by Gasteiger charge is -2.17. The Bertz CT molecular complexity index is 652. The number of aromatic hydroxyl groups is 1. The van der Waals surface area contributed by atoms with Crippen molar-refractivity contribution in [3.8, 4) is 5.75 Å². The van der Waals surface area contributed by atoms with E-state index >= 15 is 0 Å². The van der Waals surface area contributed by atoms with Gasteiger partial charge in [0.1, 0.15) is 11.6 Å². The minimum Gasteiger partial charge on any atom is -0.508 e. The molecule has 2 N–H and O–H groups in total. The maximum atomic E-state index is 13.8. The summed E-state index contributed by atoms with van der Waals surface area (Å²) in [5.41, 5.74) is 2.14. The first-order valence-electron chi connectivity index (χ1n) is 6.27. The molecule has 1 atom stereocenters.